The highest BCUT2D eigenvalue weighted by molar-refractivity contribution is 7.92. The third kappa shape index (κ3) is 3.37. The Morgan fingerprint density at radius 3 is 2.76 bits per heavy atom. The van der Waals surface area contributed by atoms with Gasteiger partial charge in [-0.1, -0.05) is 31.5 Å². The Morgan fingerprint density at radius 1 is 1.38 bits per heavy atom. The number of anilines is 1. The maximum atomic E-state index is 12.5. The molecule has 1 unspecified atom stereocenters. The van der Waals surface area contributed by atoms with Gasteiger partial charge in [-0.3, -0.25) is 9.10 Å². The molecule has 0 amide bonds. The van der Waals surface area contributed by atoms with Crippen LogP contribution in [0, 0.1) is 0 Å². The SMILES string of the molecule is CCCCS(=O)(=O)N1CC(CC(=O)OC)c2ccccc21. The van der Waals surface area contributed by atoms with Crippen LogP contribution in [0.4, 0.5) is 5.69 Å². The molecule has 0 spiro atoms. The summed E-state index contributed by atoms with van der Waals surface area (Å²) in [5.41, 5.74) is 1.60. The minimum absolute atomic E-state index is 0.134. The third-order valence-electron chi connectivity index (χ3n) is 3.76. The average molecular weight is 311 g/mol. The lowest BCUT2D eigenvalue weighted by molar-refractivity contribution is -0.140. The molecule has 0 bridgehead atoms. The van der Waals surface area contributed by atoms with Gasteiger partial charge in [0.15, 0.2) is 0 Å². The number of fused-ring (bicyclic) bond motifs is 1. The van der Waals surface area contributed by atoms with E-state index in [4.69, 9.17) is 4.74 Å². The molecule has 1 atom stereocenters. The lowest BCUT2D eigenvalue weighted by Gasteiger charge is -2.19. The van der Waals surface area contributed by atoms with Gasteiger partial charge in [0, 0.05) is 12.5 Å². The largest absolute Gasteiger partial charge is 0.469 e. The number of hydrogen-bond acceptors (Lipinski definition) is 4. The zero-order valence-electron chi connectivity index (χ0n) is 12.4. The summed E-state index contributed by atoms with van der Waals surface area (Å²) < 4.78 is 31.1. The summed E-state index contributed by atoms with van der Waals surface area (Å²) in [5.74, 6) is -0.310. The average Bonchev–Trinajstić information content (AvgIpc) is 2.85. The van der Waals surface area contributed by atoms with E-state index in [-0.39, 0.29) is 24.1 Å². The summed E-state index contributed by atoms with van der Waals surface area (Å²) in [6, 6.07) is 7.38. The monoisotopic (exact) mass is 311 g/mol. The van der Waals surface area contributed by atoms with Gasteiger partial charge < -0.3 is 4.74 Å². The van der Waals surface area contributed by atoms with E-state index < -0.39 is 10.0 Å². The number of para-hydroxylation sites is 1. The first-order valence-corrected chi connectivity index (χ1v) is 8.76. The Balaban J connectivity index is 2.28. The third-order valence-corrected chi connectivity index (χ3v) is 5.59. The second kappa shape index (κ2) is 6.47. The summed E-state index contributed by atoms with van der Waals surface area (Å²) in [6.45, 7) is 2.29. The molecule has 1 heterocycles. The van der Waals surface area contributed by atoms with Crippen LogP contribution < -0.4 is 4.31 Å². The second-order valence-electron chi connectivity index (χ2n) is 5.24. The number of esters is 1. The first kappa shape index (κ1) is 15.8. The van der Waals surface area contributed by atoms with E-state index in [2.05, 4.69) is 0 Å². The van der Waals surface area contributed by atoms with E-state index in [1.54, 1.807) is 6.07 Å². The Labute approximate surface area is 126 Å². The number of carbonyl (C=O) groups excluding carboxylic acids is 1. The summed E-state index contributed by atoms with van der Waals surface area (Å²) in [4.78, 5) is 11.5. The van der Waals surface area contributed by atoms with E-state index in [1.165, 1.54) is 11.4 Å². The molecule has 0 N–H and O–H groups in total. The van der Waals surface area contributed by atoms with Crippen LogP contribution in [-0.2, 0) is 19.6 Å². The highest BCUT2D eigenvalue weighted by atomic mass is 32.2. The van der Waals surface area contributed by atoms with Gasteiger partial charge in [0.2, 0.25) is 10.0 Å². The fraction of sp³-hybridized carbons (Fsp3) is 0.533. The topological polar surface area (TPSA) is 63.7 Å². The maximum absolute atomic E-state index is 12.5. The van der Waals surface area contributed by atoms with Crippen LogP contribution in [-0.4, -0.2) is 33.8 Å². The predicted octanol–water partition coefficient (Wildman–Crippen LogP) is 2.28. The van der Waals surface area contributed by atoms with Gasteiger partial charge >= 0.3 is 5.97 Å². The summed E-state index contributed by atoms with van der Waals surface area (Å²) >= 11 is 0. The Kier molecular flexibility index (Phi) is 4.88. The van der Waals surface area contributed by atoms with Gasteiger partial charge in [0.05, 0.1) is 25.0 Å². The van der Waals surface area contributed by atoms with E-state index in [0.717, 1.165) is 12.0 Å². The summed E-state index contributed by atoms with van der Waals surface area (Å²) in [5, 5.41) is 0. The zero-order chi connectivity index (χ0) is 15.5. The molecule has 2 rings (SSSR count). The number of methoxy groups -OCH3 is 1. The molecule has 116 valence electrons. The van der Waals surface area contributed by atoms with Crippen LogP contribution in [0.3, 0.4) is 0 Å². The molecule has 0 saturated carbocycles. The van der Waals surface area contributed by atoms with E-state index in [9.17, 15) is 13.2 Å². The van der Waals surface area contributed by atoms with Crippen LogP contribution >= 0.6 is 0 Å². The molecule has 0 aliphatic carbocycles. The molecular weight excluding hydrogens is 290 g/mol. The van der Waals surface area contributed by atoms with Gasteiger partial charge in [-0.05, 0) is 18.1 Å². The van der Waals surface area contributed by atoms with Gasteiger partial charge in [0.25, 0.3) is 0 Å². The number of benzene rings is 1. The van der Waals surface area contributed by atoms with E-state index >= 15 is 0 Å². The van der Waals surface area contributed by atoms with E-state index in [1.807, 2.05) is 25.1 Å². The molecule has 0 saturated heterocycles. The van der Waals surface area contributed by atoms with Crippen LogP contribution in [0.15, 0.2) is 24.3 Å². The van der Waals surface area contributed by atoms with E-state index in [0.29, 0.717) is 18.7 Å². The van der Waals surface area contributed by atoms with Crippen molar-refractivity contribution in [2.45, 2.75) is 32.1 Å². The second-order valence-corrected chi connectivity index (χ2v) is 7.25. The normalized spacial score (nSPS) is 17.6. The number of ether oxygens (including phenoxy) is 1. The van der Waals surface area contributed by atoms with Crippen molar-refractivity contribution >= 4 is 21.7 Å². The quantitative estimate of drug-likeness (QED) is 0.756. The Bertz CT molecular complexity index is 612. The first-order valence-electron chi connectivity index (χ1n) is 7.15. The summed E-state index contributed by atoms with van der Waals surface area (Å²) in [6.07, 6.45) is 1.68. The fourth-order valence-corrected chi connectivity index (χ4v) is 4.36. The fourth-order valence-electron chi connectivity index (χ4n) is 2.62. The Morgan fingerprint density at radius 2 is 2.10 bits per heavy atom. The number of hydrogen-bond donors (Lipinski definition) is 0. The van der Waals surface area contributed by atoms with Gasteiger partial charge in [-0.15, -0.1) is 0 Å². The van der Waals surface area contributed by atoms with Crippen LogP contribution in [0.1, 0.15) is 37.7 Å². The number of carbonyl (C=O) groups is 1. The zero-order valence-corrected chi connectivity index (χ0v) is 13.2. The van der Waals surface area contributed by atoms with Crippen molar-refractivity contribution in [1.82, 2.24) is 0 Å². The molecule has 6 heteroatoms. The highest BCUT2D eigenvalue weighted by Gasteiger charge is 2.36. The molecule has 21 heavy (non-hydrogen) atoms. The molecule has 1 aliphatic heterocycles. The molecule has 1 aromatic rings. The number of nitrogens with zero attached hydrogens (tertiary/aromatic N) is 1. The number of unbranched alkanes of at least 4 members (excludes halogenated alkanes) is 1. The summed E-state index contributed by atoms with van der Waals surface area (Å²) in [7, 11) is -1.98. The number of sulfonamides is 1. The molecule has 1 aromatic carbocycles. The number of rotatable bonds is 6. The maximum Gasteiger partial charge on any atom is 0.306 e. The molecule has 0 radical (unpaired) electrons. The lowest BCUT2D eigenvalue weighted by atomic mass is 9.98. The molecule has 0 aromatic heterocycles. The standard InChI is InChI=1S/C15H21NO4S/c1-3-4-9-21(18,19)16-11-12(10-15(17)20-2)13-7-5-6-8-14(13)16/h5-8,12H,3-4,9-11H2,1-2H3. The van der Waals surface area contributed by atoms with Crippen molar-refractivity contribution in [3.63, 3.8) is 0 Å². The van der Waals surface area contributed by atoms with Gasteiger partial charge in [0.1, 0.15) is 0 Å². The van der Waals surface area contributed by atoms with Crippen molar-refractivity contribution < 1.29 is 17.9 Å². The van der Waals surface area contributed by atoms with Crippen LogP contribution in [0.5, 0.6) is 0 Å². The van der Waals surface area contributed by atoms with Crippen LogP contribution in [0.25, 0.3) is 0 Å². The predicted molar refractivity (Wildman–Crippen MR) is 81.9 cm³/mol. The smallest absolute Gasteiger partial charge is 0.306 e. The van der Waals surface area contributed by atoms with Crippen molar-refractivity contribution in [1.29, 1.82) is 0 Å². The highest BCUT2D eigenvalue weighted by Crippen LogP contribution is 2.39. The van der Waals surface area contributed by atoms with Gasteiger partial charge in [-0.25, -0.2) is 8.42 Å². The lowest BCUT2D eigenvalue weighted by Crippen LogP contribution is -2.32. The Hall–Kier alpha value is -1.56. The van der Waals surface area contributed by atoms with Crippen LogP contribution in [0.2, 0.25) is 0 Å². The van der Waals surface area contributed by atoms with Crippen molar-refractivity contribution in [2.75, 3.05) is 23.7 Å². The first-order chi connectivity index (χ1) is 9.99. The van der Waals surface area contributed by atoms with Crippen molar-refractivity contribution in [3.8, 4) is 0 Å². The minimum atomic E-state index is -3.33. The molecular formula is C15H21NO4S. The minimum Gasteiger partial charge on any atom is -0.469 e. The molecule has 0 fully saturated rings. The van der Waals surface area contributed by atoms with Crippen molar-refractivity contribution in [2.24, 2.45) is 0 Å². The van der Waals surface area contributed by atoms with Gasteiger partial charge in [-0.2, -0.15) is 0 Å². The molecule has 1 aliphatic rings. The molecule has 5 nitrogen and oxygen atoms in total. The van der Waals surface area contributed by atoms with Crippen molar-refractivity contribution in [3.05, 3.63) is 29.8 Å².